The molecule has 0 saturated heterocycles. The van der Waals surface area contributed by atoms with Gasteiger partial charge < -0.3 is 0 Å². The van der Waals surface area contributed by atoms with Crippen LogP contribution < -0.4 is 4.72 Å². The van der Waals surface area contributed by atoms with Crippen molar-refractivity contribution >= 4 is 10.0 Å². The number of nitrogens with one attached hydrogen (secondary N) is 1. The summed E-state index contributed by atoms with van der Waals surface area (Å²) in [5, 5.41) is 0. The van der Waals surface area contributed by atoms with E-state index in [9.17, 15) is 8.42 Å². The molecule has 6 heteroatoms. The fraction of sp³-hybridized carbons (Fsp3) is 0.0909. The van der Waals surface area contributed by atoms with Gasteiger partial charge in [-0.05, 0) is 23.8 Å². The Labute approximate surface area is 99.6 Å². The predicted molar refractivity (Wildman–Crippen MR) is 62.5 cm³/mol. The molecule has 5 nitrogen and oxygen atoms in total. The van der Waals surface area contributed by atoms with Gasteiger partial charge in [-0.3, -0.25) is 9.97 Å². The number of aromatic nitrogens is 2. The van der Waals surface area contributed by atoms with Crippen molar-refractivity contribution in [3.63, 3.8) is 0 Å². The van der Waals surface area contributed by atoms with E-state index in [1.165, 1.54) is 18.5 Å². The summed E-state index contributed by atoms with van der Waals surface area (Å²) >= 11 is 0. The summed E-state index contributed by atoms with van der Waals surface area (Å²) in [4.78, 5) is 7.84. The molecule has 0 amide bonds. The van der Waals surface area contributed by atoms with Crippen molar-refractivity contribution in [2.24, 2.45) is 0 Å². The van der Waals surface area contributed by atoms with Crippen LogP contribution >= 0.6 is 0 Å². The minimum Gasteiger partial charge on any atom is -0.264 e. The van der Waals surface area contributed by atoms with E-state index in [0.29, 0.717) is 0 Å². The Morgan fingerprint density at radius 1 is 1.06 bits per heavy atom. The van der Waals surface area contributed by atoms with Crippen molar-refractivity contribution in [3.8, 4) is 0 Å². The number of hydrogen-bond acceptors (Lipinski definition) is 4. The van der Waals surface area contributed by atoms with Gasteiger partial charge in [0.25, 0.3) is 0 Å². The highest BCUT2D eigenvalue weighted by molar-refractivity contribution is 7.89. The number of hydrogen-bond donors (Lipinski definition) is 1. The van der Waals surface area contributed by atoms with Crippen molar-refractivity contribution in [1.82, 2.24) is 14.7 Å². The molecule has 0 unspecified atom stereocenters. The second-order valence-corrected chi connectivity index (χ2v) is 5.14. The predicted octanol–water partition coefficient (Wildman–Crippen LogP) is 0.955. The van der Waals surface area contributed by atoms with Crippen LogP contribution in [0.5, 0.6) is 0 Å². The largest absolute Gasteiger partial charge is 0.264 e. The highest BCUT2D eigenvalue weighted by Gasteiger charge is 2.12. The quantitative estimate of drug-likeness (QED) is 0.875. The lowest BCUT2D eigenvalue weighted by Crippen LogP contribution is -2.23. The average Bonchev–Trinajstić information content (AvgIpc) is 2.39. The molecule has 0 aromatic carbocycles. The zero-order valence-corrected chi connectivity index (χ0v) is 9.76. The zero-order valence-electron chi connectivity index (χ0n) is 8.95. The van der Waals surface area contributed by atoms with E-state index < -0.39 is 10.0 Å². The summed E-state index contributed by atoms with van der Waals surface area (Å²) in [6.45, 7) is 0.213. The van der Waals surface area contributed by atoms with Crippen molar-refractivity contribution in [1.29, 1.82) is 0 Å². The zero-order chi connectivity index (χ0) is 12.1. The normalized spacial score (nSPS) is 11.3. The first kappa shape index (κ1) is 11.7. The number of sulfonamides is 1. The second-order valence-electron chi connectivity index (χ2n) is 3.37. The molecule has 0 radical (unpaired) electrons. The van der Waals surface area contributed by atoms with Gasteiger partial charge in [0.1, 0.15) is 4.90 Å². The van der Waals surface area contributed by atoms with Gasteiger partial charge in [-0.25, -0.2) is 13.1 Å². The molecular weight excluding hydrogens is 238 g/mol. The third kappa shape index (κ3) is 3.08. The van der Waals surface area contributed by atoms with Crippen LogP contribution in [-0.2, 0) is 16.6 Å². The third-order valence-corrected chi connectivity index (χ3v) is 3.52. The monoisotopic (exact) mass is 249 g/mol. The van der Waals surface area contributed by atoms with E-state index >= 15 is 0 Å². The van der Waals surface area contributed by atoms with Gasteiger partial charge in [0, 0.05) is 31.3 Å². The summed E-state index contributed by atoms with van der Waals surface area (Å²) in [6, 6.07) is 6.64. The number of rotatable bonds is 4. The first-order chi connectivity index (χ1) is 8.18. The first-order valence-electron chi connectivity index (χ1n) is 4.97. The molecule has 2 aromatic rings. The van der Waals surface area contributed by atoms with Crippen LogP contribution in [0.3, 0.4) is 0 Å². The molecule has 88 valence electrons. The van der Waals surface area contributed by atoms with Crippen LogP contribution in [0.2, 0.25) is 0 Å². The lowest BCUT2D eigenvalue weighted by molar-refractivity contribution is 0.581. The van der Waals surface area contributed by atoms with Gasteiger partial charge in [-0.15, -0.1) is 0 Å². The third-order valence-electron chi connectivity index (χ3n) is 2.13. The molecule has 0 aliphatic rings. The smallest absolute Gasteiger partial charge is 0.242 e. The number of nitrogens with zero attached hydrogens (tertiary/aromatic N) is 2. The molecular formula is C11H11N3O2S. The standard InChI is InChI=1S/C11H11N3O2S/c15-17(16,11-4-2-6-13-9-11)14-8-10-3-1-5-12-7-10/h1-7,9,14H,8H2. The van der Waals surface area contributed by atoms with E-state index in [-0.39, 0.29) is 11.4 Å². The van der Waals surface area contributed by atoms with Gasteiger partial charge in [-0.1, -0.05) is 6.07 Å². The van der Waals surface area contributed by atoms with Gasteiger partial charge in [-0.2, -0.15) is 0 Å². The maximum atomic E-state index is 11.8. The molecule has 17 heavy (non-hydrogen) atoms. The topological polar surface area (TPSA) is 72.0 Å². The van der Waals surface area contributed by atoms with Crippen LogP contribution in [0.1, 0.15) is 5.56 Å². The first-order valence-corrected chi connectivity index (χ1v) is 6.45. The molecule has 0 bridgehead atoms. The van der Waals surface area contributed by atoms with Crippen molar-refractivity contribution in [3.05, 3.63) is 54.6 Å². The van der Waals surface area contributed by atoms with Gasteiger partial charge in [0.05, 0.1) is 0 Å². The SMILES string of the molecule is O=S(=O)(NCc1cccnc1)c1cccnc1. The average molecular weight is 249 g/mol. The Morgan fingerprint density at radius 2 is 1.76 bits per heavy atom. The molecule has 0 spiro atoms. The summed E-state index contributed by atoms with van der Waals surface area (Å²) in [7, 11) is -3.50. The van der Waals surface area contributed by atoms with Crippen molar-refractivity contribution in [2.45, 2.75) is 11.4 Å². The number of pyridine rings is 2. The summed E-state index contributed by atoms with van der Waals surface area (Å²) in [6.07, 6.45) is 6.09. The highest BCUT2D eigenvalue weighted by atomic mass is 32.2. The molecule has 0 fully saturated rings. The van der Waals surface area contributed by atoms with Crippen LogP contribution in [-0.4, -0.2) is 18.4 Å². The second kappa shape index (κ2) is 5.03. The van der Waals surface area contributed by atoms with E-state index in [4.69, 9.17) is 0 Å². The fourth-order valence-corrected chi connectivity index (χ4v) is 2.25. The van der Waals surface area contributed by atoms with Gasteiger partial charge in [0.15, 0.2) is 0 Å². The van der Waals surface area contributed by atoms with E-state index in [1.54, 1.807) is 30.6 Å². The molecule has 0 atom stereocenters. The Morgan fingerprint density at radius 3 is 2.35 bits per heavy atom. The van der Waals surface area contributed by atoms with Crippen LogP contribution in [0.25, 0.3) is 0 Å². The van der Waals surface area contributed by atoms with Crippen LogP contribution in [0, 0.1) is 0 Å². The lowest BCUT2D eigenvalue weighted by atomic mass is 10.3. The molecule has 0 saturated carbocycles. The van der Waals surface area contributed by atoms with E-state index in [0.717, 1.165) is 5.56 Å². The van der Waals surface area contributed by atoms with Gasteiger partial charge >= 0.3 is 0 Å². The highest BCUT2D eigenvalue weighted by Crippen LogP contribution is 2.06. The van der Waals surface area contributed by atoms with Gasteiger partial charge in [0.2, 0.25) is 10.0 Å². The maximum absolute atomic E-state index is 11.8. The summed E-state index contributed by atoms with van der Waals surface area (Å²) in [5.74, 6) is 0. The molecule has 2 aromatic heterocycles. The summed E-state index contributed by atoms with van der Waals surface area (Å²) in [5.41, 5.74) is 0.806. The molecule has 0 aliphatic carbocycles. The molecule has 2 heterocycles. The van der Waals surface area contributed by atoms with Crippen molar-refractivity contribution in [2.75, 3.05) is 0 Å². The minimum absolute atomic E-state index is 0.156. The Bertz CT molecular complexity index is 570. The maximum Gasteiger partial charge on any atom is 0.242 e. The lowest BCUT2D eigenvalue weighted by Gasteiger charge is -2.05. The van der Waals surface area contributed by atoms with Crippen molar-refractivity contribution < 1.29 is 8.42 Å². The summed E-state index contributed by atoms with van der Waals surface area (Å²) < 4.78 is 26.2. The Hall–Kier alpha value is -1.79. The van der Waals surface area contributed by atoms with E-state index in [2.05, 4.69) is 14.7 Å². The molecule has 1 N–H and O–H groups in total. The molecule has 0 aliphatic heterocycles. The minimum atomic E-state index is -3.50. The van der Waals surface area contributed by atoms with Crippen LogP contribution in [0.4, 0.5) is 0 Å². The van der Waals surface area contributed by atoms with E-state index in [1.807, 2.05) is 0 Å². The Kier molecular flexibility index (Phi) is 3.46. The Balaban J connectivity index is 2.09. The fourth-order valence-electron chi connectivity index (χ4n) is 1.27. The van der Waals surface area contributed by atoms with Crippen LogP contribution in [0.15, 0.2) is 53.9 Å². The molecule has 2 rings (SSSR count).